The van der Waals surface area contributed by atoms with Crippen molar-refractivity contribution in [3.8, 4) is 0 Å². The maximum atomic E-state index is 11.8. The van der Waals surface area contributed by atoms with Crippen LogP contribution in [0.4, 0.5) is 0 Å². The summed E-state index contributed by atoms with van der Waals surface area (Å²) >= 11 is 0. The summed E-state index contributed by atoms with van der Waals surface area (Å²) in [7, 11) is 0. The van der Waals surface area contributed by atoms with Crippen LogP contribution in [-0.4, -0.2) is 56.7 Å². The summed E-state index contributed by atoms with van der Waals surface area (Å²) in [5.74, 6) is -0.407. The number of Topliss-reactive ketones (excluding diaryl/α,β-unsaturated/α-hetero) is 1. The monoisotopic (exact) mass is 247 g/mol. The number of hydrogen-bond donors (Lipinski definition) is 5. The molecule has 0 aromatic heterocycles. The van der Waals surface area contributed by atoms with Gasteiger partial charge in [0.2, 0.25) is 0 Å². The van der Waals surface area contributed by atoms with Gasteiger partial charge >= 0.3 is 0 Å². The number of ketones is 1. The van der Waals surface area contributed by atoms with Gasteiger partial charge in [0.1, 0.15) is 11.7 Å². The summed E-state index contributed by atoms with van der Waals surface area (Å²) in [4.78, 5) is 11.8. The number of nitrogens with two attached hydrogens (primary N) is 1. The molecule has 0 amide bonds. The fourth-order valence-corrected chi connectivity index (χ4v) is 2.16. The molecule has 2 atom stereocenters. The molecule has 0 radical (unpaired) electrons. The first-order valence-electron chi connectivity index (χ1n) is 5.90. The van der Waals surface area contributed by atoms with Gasteiger partial charge in [-0.2, -0.15) is 0 Å². The number of carbonyl (C=O) groups is 1. The third-order valence-corrected chi connectivity index (χ3v) is 3.26. The van der Waals surface area contributed by atoms with Crippen molar-refractivity contribution in [3.05, 3.63) is 0 Å². The topological polar surface area (TPSA) is 124 Å². The van der Waals surface area contributed by atoms with Gasteiger partial charge in [0.15, 0.2) is 5.78 Å². The van der Waals surface area contributed by atoms with Gasteiger partial charge in [-0.05, 0) is 19.4 Å². The van der Waals surface area contributed by atoms with E-state index in [1.54, 1.807) is 0 Å². The van der Waals surface area contributed by atoms with Gasteiger partial charge in [0, 0.05) is 19.3 Å². The van der Waals surface area contributed by atoms with Crippen LogP contribution in [0.1, 0.15) is 32.1 Å². The van der Waals surface area contributed by atoms with Crippen LogP contribution >= 0.6 is 0 Å². The highest BCUT2D eigenvalue weighted by Crippen LogP contribution is 2.31. The second-order valence-electron chi connectivity index (χ2n) is 4.73. The molecule has 6 nitrogen and oxygen atoms in total. The number of hydrogen-bond acceptors (Lipinski definition) is 6. The van der Waals surface area contributed by atoms with E-state index in [9.17, 15) is 25.2 Å². The summed E-state index contributed by atoms with van der Waals surface area (Å²) in [6.45, 7) is 0.482. The summed E-state index contributed by atoms with van der Waals surface area (Å²) in [5, 5.41) is 38.3. The predicted molar refractivity (Wildman–Crippen MR) is 60.1 cm³/mol. The van der Waals surface area contributed by atoms with Crippen molar-refractivity contribution in [3.63, 3.8) is 0 Å². The third-order valence-electron chi connectivity index (χ3n) is 3.26. The molecule has 1 aliphatic carbocycles. The van der Waals surface area contributed by atoms with Gasteiger partial charge in [0.25, 0.3) is 0 Å². The Morgan fingerprint density at radius 3 is 2.18 bits per heavy atom. The molecule has 0 spiro atoms. The van der Waals surface area contributed by atoms with Gasteiger partial charge < -0.3 is 26.2 Å². The van der Waals surface area contributed by atoms with E-state index >= 15 is 0 Å². The molecule has 0 bridgehead atoms. The Morgan fingerprint density at radius 2 is 1.71 bits per heavy atom. The van der Waals surface area contributed by atoms with Crippen LogP contribution in [0.3, 0.4) is 0 Å². The highest BCUT2D eigenvalue weighted by molar-refractivity contribution is 5.87. The maximum Gasteiger partial charge on any atom is 0.164 e. The standard InChI is InChI=1S/C11H21NO5/c12-4-2-1-3-9(15)11(17)5-7(13)10(16)8(14)6-11/h7-8,10,13-14,16-17H,1-6,12H2/t7-,8-,10?,11?/m1/s1. The number of aliphatic hydroxyl groups is 4. The highest BCUT2D eigenvalue weighted by atomic mass is 16.4. The lowest BCUT2D eigenvalue weighted by Gasteiger charge is -2.39. The Bertz CT molecular complexity index is 259. The van der Waals surface area contributed by atoms with Crippen LogP contribution in [0, 0.1) is 0 Å². The second-order valence-corrected chi connectivity index (χ2v) is 4.73. The van der Waals surface area contributed by atoms with E-state index in [-0.39, 0.29) is 19.3 Å². The largest absolute Gasteiger partial charge is 0.390 e. The zero-order chi connectivity index (χ0) is 13.1. The number of aliphatic hydroxyl groups excluding tert-OH is 3. The molecule has 100 valence electrons. The van der Waals surface area contributed by atoms with Crippen molar-refractivity contribution in [2.24, 2.45) is 5.73 Å². The van der Waals surface area contributed by atoms with E-state index in [0.29, 0.717) is 19.4 Å². The lowest BCUT2D eigenvalue weighted by molar-refractivity contribution is -0.171. The minimum Gasteiger partial charge on any atom is -0.390 e. The molecule has 6 N–H and O–H groups in total. The number of rotatable bonds is 5. The van der Waals surface area contributed by atoms with Gasteiger partial charge in [-0.3, -0.25) is 4.79 Å². The molecule has 0 aliphatic heterocycles. The van der Waals surface area contributed by atoms with Gasteiger partial charge in [-0.1, -0.05) is 0 Å². The van der Waals surface area contributed by atoms with E-state index in [4.69, 9.17) is 5.73 Å². The zero-order valence-electron chi connectivity index (χ0n) is 9.75. The Hall–Kier alpha value is -0.530. The predicted octanol–water partition coefficient (Wildman–Crippen LogP) is -1.71. The fourth-order valence-electron chi connectivity index (χ4n) is 2.16. The van der Waals surface area contributed by atoms with E-state index in [0.717, 1.165) is 0 Å². The molecule has 1 saturated carbocycles. The van der Waals surface area contributed by atoms with Gasteiger partial charge in [-0.25, -0.2) is 0 Å². The smallest absolute Gasteiger partial charge is 0.164 e. The third kappa shape index (κ3) is 3.46. The molecular weight excluding hydrogens is 226 g/mol. The molecule has 0 heterocycles. The first-order valence-corrected chi connectivity index (χ1v) is 5.90. The van der Waals surface area contributed by atoms with Gasteiger partial charge in [-0.15, -0.1) is 0 Å². The molecule has 6 heteroatoms. The number of carbonyl (C=O) groups excluding carboxylic acids is 1. The molecular formula is C11H21NO5. The first kappa shape index (κ1) is 14.5. The lowest BCUT2D eigenvalue weighted by Crippen LogP contribution is -2.56. The summed E-state index contributed by atoms with van der Waals surface area (Å²) in [6.07, 6.45) is -2.87. The molecule has 0 aromatic rings. The second kappa shape index (κ2) is 5.88. The molecule has 1 aliphatic rings. The Balaban J connectivity index is 2.58. The molecule has 0 unspecified atom stereocenters. The SMILES string of the molecule is NCCCCC(=O)C1(O)C[C@@H](O)C(O)[C@H](O)C1. The maximum absolute atomic E-state index is 11.8. The van der Waals surface area contributed by atoms with Crippen LogP contribution in [0.25, 0.3) is 0 Å². The summed E-state index contributed by atoms with van der Waals surface area (Å²) in [6, 6.07) is 0. The Kier molecular flexibility index (Phi) is 5.03. The van der Waals surface area contributed by atoms with Crippen LogP contribution in [0.15, 0.2) is 0 Å². The lowest BCUT2D eigenvalue weighted by atomic mass is 9.76. The van der Waals surface area contributed by atoms with Crippen molar-refractivity contribution >= 4 is 5.78 Å². The Labute approximate surface area is 100 Å². The zero-order valence-corrected chi connectivity index (χ0v) is 9.75. The molecule has 0 aromatic carbocycles. The minimum absolute atomic E-state index is 0.170. The van der Waals surface area contributed by atoms with Crippen LogP contribution in [-0.2, 0) is 4.79 Å². The Morgan fingerprint density at radius 1 is 1.18 bits per heavy atom. The van der Waals surface area contributed by atoms with Crippen molar-refractivity contribution in [2.75, 3.05) is 6.54 Å². The minimum atomic E-state index is -1.73. The quantitative estimate of drug-likeness (QED) is 0.369. The van der Waals surface area contributed by atoms with Gasteiger partial charge in [0.05, 0.1) is 12.2 Å². The fraction of sp³-hybridized carbons (Fsp3) is 0.909. The number of unbranched alkanes of at least 4 members (excludes halogenated alkanes) is 1. The van der Waals surface area contributed by atoms with E-state index < -0.39 is 29.7 Å². The van der Waals surface area contributed by atoms with Crippen molar-refractivity contribution in [2.45, 2.75) is 56.0 Å². The summed E-state index contributed by atoms with van der Waals surface area (Å²) < 4.78 is 0. The van der Waals surface area contributed by atoms with E-state index in [2.05, 4.69) is 0 Å². The van der Waals surface area contributed by atoms with Crippen LogP contribution in [0.5, 0.6) is 0 Å². The normalized spacial score (nSPS) is 38.1. The van der Waals surface area contributed by atoms with Crippen LogP contribution in [0.2, 0.25) is 0 Å². The molecule has 1 fully saturated rings. The van der Waals surface area contributed by atoms with Crippen molar-refractivity contribution in [1.29, 1.82) is 0 Å². The average molecular weight is 247 g/mol. The van der Waals surface area contributed by atoms with E-state index in [1.807, 2.05) is 0 Å². The van der Waals surface area contributed by atoms with E-state index in [1.165, 1.54) is 0 Å². The average Bonchev–Trinajstić information content (AvgIpc) is 2.26. The highest BCUT2D eigenvalue weighted by Gasteiger charge is 2.47. The molecule has 17 heavy (non-hydrogen) atoms. The van der Waals surface area contributed by atoms with Crippen molar-refractivity contribution in [1.82, 2.24) is 0 Å². The molecule has 1 rings (SSSR count). The first-order chi connectivity index (χ1) is 7.90. The van der Waals surface area contributed by atoms with Crippen molar-refractivity contribution < 1.29 is 25.2 Å². The van der Waals surface area contributed by atoms with Crippen LogP contribution < -0.4 is 5.73 Å². The summed E-state index contributed by atoms with van der Waals surface area (Å²) in [5.41, 5.74) is 3.57. The molecule has 0 saturated heterocycles.